The van der Waals surface area contributed by atoms with Crippen LogP contribution in [-0.2, 0) is 10.5 Å². The number of rotatable bonds is 6. The highest BCUT2D eigenvalue weighted by atomic mass is 35.5. The van der Waals surface area contributed by atoms with E-state index in [0.717, 1.165) is 16.1 Å². The van der Waals surface area contributed by atoms with E-state index in [1.807, 2.05) is 30.5 Å². The molecule has 0 aromatic heterocycles. The van der Waals surface area contributed by atoms with Crippen molar-refractivity contribution in [1.82, 2.24) is 0 Å². The first-order valence-corrected chi connectivity index (χ1v) is 9.30. The van der Waals surface area contributed by atoms with Gasteiger partial charge in [0.25, 0.3) is 0 Å². The maximum Gasteiger partial charge on any atom is 0.234 e. The highest BCUT2D eigenvalue weighted by molar-refractivity contribution is 7.99. The monoisotopic (exact) mass is 355 g/mol. The second-order valence-corrected chi connectivity index (χ2v) is 6.78. The molecule has 2 aromatic rings. The van der Waals surface area contributed by atoms with Gasteiger partial charge in [-0.15, -0.1) is 23.5 Å². The largest absolute Gasteiger partial charge is 0.325 e. The molecule has 2 nitrogen and oxygen atoms in total. The Balaban J connectivity index is 1.82. The number of carbonyl (C=O) groups excluding carboxylic acids is 1. The van der Waals surface area contributed by atoms with Gasteiger partial charge in [0.2, 0.25) is 5.91 Å². The molecule has 0 bridgehead atoms. The van der Waals surface area contributed by atoms with Crippen molar-refractivity contribution in [2.24, 2.45) is 0 Å². The minimum absolute atomic E-state index is 0.0681. The molecule has 0 saturated carbocycles. The van der Waals surface area contributed by atoms with Crippen molar-refractivity contribution in [3.05, 3.63) is 58.9 Å². The van der Waals surface area contributed by atoms with Gasteiger partial charge >= 0.3 is 0 Å². The molecule has 0 atom stereocenters. The number of hydrogen-bond donors (Lipinski definition) is 1. The lowest BCUT2D eigenvalue weighted by molar-refractivity contribution is -0.113. The predicted octanol–water partition coefficient (Wildman–Crippen LogP) is 5.07. The lowest BCUT2D eigenvalue weighted by atomic mass is 10.2. The number of halogens is 2. The molecule has 1 N–H and O–H groups in total. The molecular weight excluding hydrogens is 341 g/mol. The van der Waals surface area contributed by atoms with Gasteiger partial charge in [-0.2, -0.15) is 0 Å². The molecule has 1 amide bonds. The molecule has 0 fully saturated rings. The van der Waals surface area contributed by atoms with Crippen LogP contribution in [0.25, 0.3) is 0 Å². The van der Waals surface area contributed by atoms with E-state index in [-0.39, 0.29) is 11.7 Å². The van der Waals surface area contributed by atoms with Crippen LogP contribution in [0, 0.1) is 5.82 Å². The zero-order chi connectivity index (χ0) is 15.9. The molecule has 2 rings (SSSR count). The van der Waals surface area contributed by atoms with Crippen LogP contribution in [-0.4, -0.2) is 17.9 Å². The van der Waals surface area contributed by atoms with E-state index in [1.165, 1.54) is 23.9 Å². The van der Waals surface area contributed by atoms with Crippen molar-refractivity contribution in [3.8, 4) is 0 Å². The van der Waals surface area contributed by atoms with E-state index in [9.17, 15) is 9.18 Å². The molecule has 0 radical (unpaired) electrons. The molecule has 116 valence electrons. The first-order chi connectivity index (χ1) is 10.6. The van der Waals surface area contributed by atoms with Crippen LogP contribution in [0.4, 0.5) is 10.1 Å². The molecule has 0 heterocycles. The Hall–Kier alpha value is -1.17. The number of hydrogen-bond acceptors (Lipinski definition) is 3. The molecule has 0 aliphatic rings. The Morgan fingerprint density at radius 1 is 1.27 bits per heavy atom. The molecule has 0 aliphatic heterocycles. The Morgan fingerprint density at radius 3 is 2.82 bits per heavy atom. The van der Waals surface area contributed by atoms with Crippen molar-refractivity contribution in [1.29, 1.82) is 0 Å². The molecule has 0 unspecified atom stereocenters. The number of anilines is 1. The summed E-state index contributed by atoms with van der Waals surface area (Å²) in [6.45, 7) is 0. The van der Waals surface area contributed by atoms with Crippen molar-refractivity contribution in [3.63, 3.8) is 0 Å². The summed E-state index contributed by atoms with van der Waals surface area (Å²) in [7, 11) is 0. The third-order valence-electron chi connectivity index (χ3n) is 2.86. The van der Waals surface area contributed by atoms with Gasteiger partial charge in [-0.05, 0) is 42.2 Å². The fraction of sp³-hybridized carbons (Fsp3) is 0.188. The Kier molecular flexibility index (Phi) is 6.61. The second-order valence-electron chi connectivity index (χ2n) is 4.51. The van der Waals surface area contributed by atoms with Crippen LogP contribution in [0.1, 0.15) is 5.56 Å². The van der Waals surface area contributed by atoms with Gasteiger partial charge in [0.1, 0.15) is 5.82 Å². The first kappa shape index (κ1) is 17.2. The molecule has 0 saturated heterocycles. The fourth-order valence-electron chi connectivity index (χ4n) is 1.79. The smallest absolute Gasteiger partial charge is 0.234 e. The highest BCUT2D eigenvalue weighted by Gasteiger charge is 2.06. The Morgan fingerprint density at radius 2 is 2.09 bits per heavy atom. The summed E-state index contributed by atoms with van der Waals surface area (Å²) in [5.41, 5.74) is 1.61. The van der Waals surface area contributed by atoms with Gasteiger partial charge < -0.3 is 5.32 Å². The van der Waals surface area contributed by atoms with Crippen molar-refractivity contribution in [2.75, 3.05) is 17.3 Å². The van der Waals surface area contributed by atoms with Crippen LogP contribution in [0.2, 0.25) is 5.02 Å². The molecule has 6 heteroatoms. The van der Waals surface area contributed by atoms with Crippen molar-refractivity contribution in [2.45, 2.75) is 10.6 Å². The van der Waals surface area contributed by atoms with E-state index < -0.39 is 0 Å². The van der Waals surface area contributed by atoms with Crippen molar-refractivity contribution >= 4 is 46.7 Å². The first-order valence-electron chi connectivity index (χ1n) is 6.54. The van der Waals surface area contributed by atoms with Crippen LogP contribution in [0.15, 0.2) is 47.4 Å². The Bertz CT molecular complexity index is 666. The number of benzene rings is 2. The van der Waals surface area contributed by atoms with Gasteiger partial charge in [0, 0.05) is 21.4 Å². The number of thioether (sulfide) groups is 2. The molecular formula is C16H15ClFNOS2. The minimum Gasteiger partial charge on any atom is -0.325 e. The van der Waals surface area contributed by atoms with Gasteiger partial charge in [-0.3, -0.25) is 4.79 Å². The van der Waals surface area contributed by atoms with E-state index in [4.69, 9.17) is 11.6 Å². The quantitative estimate of drug-likeness (QED) is 0.733. The normalized spacial score (nSPS) is 10.5. The molecule has 2 aromatic carbocycles. The SMILES string of the molecule is CSc1cccc(NC(=O)CSCc2ccc(F)cc2Cl)c1. The molecule has 22 heavy (non-hydrogen) atoms. The minimum atomic E-state index is -0.356. The fourth-order valence-corrected chi connectivity index (χ4v) is 3.39. The summed E-state index contributed by atoms with van der Waals surface area (Å²) >= 11 is 9.02. The van der Waals surface area contributed by atoms with E-state index >= 15 is 0 Å². The summed E-state index contributed by atoms with van der Waals surface area (Å²) in [6.07, 6.45) is 1.99. The zero-order valence-corrected chi connectivity index (χ0v) is 14.3. The summed E-state index contributed by atoms with van der Waals surface area (Å²) in [6, 6.07) is 12.0. The summed E-state index contributed by atoms with van der Waals surface area (Å²) in [5, 5.41) is 3.25. The van der Waals surface area contributed by atoms with Crippen LogP contribution >= 0.6 is 35.1 Å². The lowest BCUT2D eigenvalue weighted by Gasteiger charge is -2.07. The summed E-state index contributed by atoms with van der Waals surface area (Å²) in [5.74, 6) is 0.459. The summed E-state index contributed by atoms with van der Waals surface area (Å²) in [4.78, 5) is 13.0. The van der Waals surface area contributed by atoms with Gasteiger partial charge in [0.05, 0.1) is 5.75 Å². The van der Waals surface area contributed by atoms with Crippen LogP contribution < -0.4 is 5.32 Å². The number of amides is 1. The number of carbonyl (C=O) groups is 1. The van der Waals surface area contributed by atoms with E-state index in [2.05, 4.69) is 5.32 Å². The Labute approximate surface area is 142 Å². The number of nitrogens with one attached hydrogen (secondary N) is 1. The van der Waals surface area contributed by atoms with E-state index in [1.54, 1.807) is 17.8 Å². The lowest BCUT2D eigenvalue weighted by Crippen LogP contribution is -2.14. The predicted molar refractivity (Wildman–Crippen MR) is 94.4 cm³/mol. The van der Waals surface area contributed by atoms with E-state index in [0.29, 0.717) is 16.5 Å². The van der Waals surface area contributed by atoms with Crippen LogP contribution in [0.5, 0.6) is 0 Å². The average molecular weight is 356 g/mol. The topological polar surface area (TPSA) is 29.1 Å². The third-order valence-corrected chi connectivity index (χ3v) is 4.92. The van der Waals surface area contributed by atoms with Gasteiger partial charge in [0.15, 0.2) is 0 Å². The standard InChI is InChI=1S/C16H15ClFNOS2/c1-21-14-4-2-3-13(8-14)19-16(20)10-22-9-11-5-6-12(18)7-15(11)17/h2-8H,9-10H2,1H3,(H,19,20). The van der Waals surface area contributed by atoms with Crippen LogP contribution in [0.3, 0.4) is 0 Å². The van der Waals surface area contributed by atoms with Gasteiger partial charge in [-0.25, -0.2) is 4.39 Å². The molecule has 0 spiro atoms. The molecule has 0 aliphatic carbocycles. The maximum absolute atomic E-state index is 12.9. The summed E-state index contributed by atoms with van der Waals surface area (Å²) < 4.78 is 12.9. The zero-order valence-electron chi connectivity index (χ0n) is 11.9. The highest BCUT2D eigenvalue weighted by Crippen LogP contribution is 2.23. The third kappa shape index (κ3) is 5.23. The second kappa shape index (κ2) is 8.46. The maximum atomic E-state index is 12.9. The van der Waals surface area contributed by atoms with Gasteiger partial charge in [-0.1, -0.05) is 23.7 Å². The average Bonchev–Trinajstić information content (AvgIpc) is 2.49. The van der Waals surface area contributed by atoms with Crippen molar-refractivity contribution < 1.29 is 9.18 Å².